The predicted molar refractivity (Wildman–Crippen MR) is 88.7 cm³/mol. The van der Waals surface area contributed by atoms with Gasteiger partial charge in [-0.15, -0.1) is 0 Å². The summed E-state index contributed by atoms with van der Waals surface area (Å²) in [5, 5.41) is 12.8. The molecule has 1 amide bonds. The van der Waals surface area contributed by atoms with Gasteiger partial charge in [0.05, 0.1) is 12.2 Å². The van der Waals surface area contributed by atoms with Crippen molar-refractivity contribution in [2.45, 2.75) is 39.1 Å². The van der Waals surface area contributed by atoms with E-state index in [9.17, 15) is 9.90 Å². The fourth-order valence-corrected chi connectivity index (χ4v) is 2.81. The minimum atomic E-state index is -0.553. The number of carbonyl (C=O) groups is 1. The van der Waals surface area contributed by atoms with Gasteiger partial charge in [-0.05, 0) is 38.1 Å². The second kappa shape index (κ2) is 8.29. The summed E-state index contributed by atoms with van der Waals surface area (Å²) < 4.78 is 11.3. The highest BCUT2D eigenvalue weighted by atomic mass is 16.5. The molecule has 3 atom stereocenters. The summed E-state index contributed by atoms with van der Waals surface area (Å²) in [6.07, 6.45) is -0.177. The molecule has 23 heavy (non-hydrogen) atoms. The minimum Gasteiger partial charge on any atom is -0.491 e. The van der Waals surface area contributed by atoms with Crippen LogP contribution in [-0.4, -0.2) is 60.5 Å². The lowest BCUT2D eigenvalue weighted by molar-refractivity contribution is -0.114. The number of morpholine rings is 1. The summed E-state index contributed by atoms with van der Waals surface area (Å²) in [5.74, 6) is 0.560. The third-order valence-corrected chi connectivity index (χ3v) is 3.58. The third-order valence-electron chi connectivity index (χ3n) is 3.58. The number of aliphatic hydroxyl groups excluding tert-OH is 1. The molecule has 0 saturated carbocycles. The molecule has 6 nitrogen and oxygen atoms in total. The van der Waals surface area contributed by atoms with Crippen LogP contribution in [0.5, 0.6) is 5.75 Å². The number of aliphatic hydroxyl groups is 1. The van der Waals surface area contributed by atoms with E-state index in [0.29, 0.717) is 12.3 Å². The number of amides is 1. The zero-order valence-electron chi connectivity index (χ0n) is 14.0. The monoisotopic (exact) mass is 322 g/mol. The van der Waals surface area contributed by atoms with Crippen LogP contribution in [0.25, 0.3) is 0 Å². The number of carbonyl (C=O) groups excluding carboxylic acids is 1. The number of anilines is 1. The first kappa shape index (κ1) is 17.7. The largest absolute Gasteiger partial charge is 0.491 e. The lowest BCUT2D eigenvalue weighted by Crippen LogP contribution is -2.48. The number of hydrogen-bond donors (Lipinski definition) is 2. The molecule has 1 aromatic rings. The molecule has 6 heteroatoms. The number of β-amino-alcohol motifs (C(OH)–C–C–N with tert-alkyl or cyclic N) is 1. The van der Waals surface area contributed by atoms with Gasteiger partial charge in [-0.1, -0.05) is 0 Å². The van der Waals surface area contributed by atoms with Gasteiger partial charge >= 0.3 is 0 Å². The van der Waals surface area contributed by atoms with Crippen molar-refractivity contribution in [3.05, 3.63) is 24.3 Å². The Balaban J connectivity index is 1.75. The highest BCUT2D eigenvalue weighted by Crippen LogP contribution is 2.16. The summed E-state index contributed by atoms with van der Waals surface area (Å²) in [6.45, 7) is 8.01. The maximum absolute atomic E-state index is 11.0. The molecule has 0 aliphatic carbocycles. The molecule has 0 aromatic heterocycles. The fraction of sp³-hybridized carbons (Fsp3) is 0.588. The predicted octanol–water partition coefficient (Wildman–Crippen LogP) is 1.49. The summed E-state index contributed by atoms with van der Waals surface area (Å²) in [5.41, 5.74) is 0.724. The zero-order chi connectivity index (χ0) is 16.8. The van der Waals surface area contributed by atoms with Gasteiger partial charge in [-0.25, -0.2) is 0 Å². The average Bonchev–Trinajstić information content (AvgIpc) is 2.45. The first-order valence-electron chi connectivity index (χ1n) is 7.98. The normalized spacial score (nSPS) is 23.3. The fourth-order valence-electron chi connectivity index (χ4n) is 2.81. The molecule has 0 unspecified atom stereocenters. The van der Waals surface area contributed by atoms with E-state index in [4.69, 9.17) is 9.47 Å². The number of benzene rings is 1. The van der Waals surface area contributed by atoms with Gasteiger partial charge in [0.1, 0.15) is 18.5 Å². The Labute approximate surface area is 137 Å². The third kappa shape index (κ3) is 6.17. The van der Waals surface area contributed by atoms with Crippen LogP contribution >= 0.6 is 0 Å². The lowest BCUT2D eigenvalue weighted by Gasteiger charge is -2.36. The molecule has 2 rings (SSSR count). The van der Waals surface area contributed by atoms with Gasteiger partial charge in [0.15, 0.2) is 0 Å². The first-order valence-corrected chi connectivity index (χ1v) is 7.98. The second-order valence-electron chi connectivity index (χ2n) is 6.15. The van der Waals surface area contributed by atoms with Crippen LogP contribution in [0.4, 0.5) is 5.69 Å². The van der Waals surface area contributed by atoms with Gasteiger partial charge in [-0.2, -0.15) is 0 Å². The molecule has 1 aliphatic rings. The van der Waals surface area contributed by atoms with Gasteiger partial charge in [0.25, 0.3) is 0 Å². The molecule has 1 saturated heterocycles. The van der Waals surface area contributed by atoms with E-state index in [1.54, 1.807) is 24.3 Å². The molecule has 0 radical (unpaired) electrons. The SMILES string of the molecule is CC(=O)Nc1ccc(OC[C@@H](O)CN2C[C@H](C)O[C@@H](C)C2)cc1. The van der Waals surface area contributed by atoms with Crippen molar-refractivity contribution in [1.29, 1.82) is 0 Å². The zero-order valence-corrected chi connectivity index (χ0v) is 14.0. The summed E-state index contributed by atoms with van der Waals surface area (Å²) in [7, 11) is 0. The maximum atomic E-state index is 11.0. The smallest absolute Gasteiger partial charge is 0.221 e. The van der Waals surface area contributed by atoms with Crippen LogP contribution in [0.15, 0.2) is 24.3 Å². The van der Waals surface area contributed by atoms with Crippen LogP contribution in [0.3, 0.4) is 0 Å². The number of nitrogens with one attached hydrogen (secondary N) is 1. The molecular weight excluding hydrogens is 296 g/mol. The summed E-state index contributed by atoms with van der Waals surface area (Å²) in [6, 6.07) is 7.09. The van der Waals surface area contributed by atoms with Crippen molar-refractivity contribution < 1.29 is 19.4 Å². The van der Waals surface area contributed by atoms with Crippen molar-refractivity contribution in [2.24, 2.45) is 0 Å². The van der Waals surface area contributed by atoms with Crippen molar-refractivity contribution in [2.75, 3.05) is 31.6 Å². The van der Waals surface area contributed by atoms with Crippen LogP contribution in [0, 0.1) is 0 Å². The van der Waals surface area contributed by atoms with E-state index in [1.807, 2.05) is 13.8 Å². The Morgan fingerprint density at radius 3 is 2.52 bits per heavy atom. The molecule has 0 bridgehead atoms. The maximum Gasteiger partial charge on any atom is 0.221 e. The van der Waals surface area contributed by atoms with Gasteiger partial charge in [0, 0.05) is 32.2 Å². The van der Waals surface area contributed by atoms with Crippen molar-refractivity contribution in [1.82, 2.24) is 4.90 Å². The van der Waals surface area contributed by atoms with Crippen molar-refractivity contribution >= 4 is 11.6 Å². The van der Waals surface area contributed by atoms with Gasteiger partial charge in [-0.3, -0.25) is 9.69 Å². The Kier molecular flexibility index (Phi) is 6.38. The summed E-state index contributed by atoms with van der Waals surface area (Å²) >= 11 is 0. The van der Waals surface area contributed by atoms with E-state index in [0.717, 1.165) is 18.8 Å². The number of nitrogens with zero attached hydrogens (tertiary/aromatic N) is 1. The van der Waals surface area contributed by atoms with E-state index in [1.165, 1.54) is 6.92 Å². The second-order valence-corrected chi connectivity index (χ2v) is 6.15. The molecule has 1 fully saturated rings. The molecule has 1 heterocycles. The molecule has 1 aromatic carbocycles. The van der Waals surface area contributed by atoms with E-state index >= 15 is 0 Å². The highest BCUT2D eigenvalue weighted by molar-refractivity contribution is 5.88. The average molecular weight is 322 g/mol. The lowest BCUT2D eigenvalue weighted by atomic mass is 10.2. The van der Waals surface area contributed by atoms with E-state index in [2.05, 4.69) is 10.2 Å². The number of hydrogen-bond acceptors (Lipinski definition) is 5. The van der Waals surface area contributed by atoms with Crippen LogP contribution in [0.2, 0.25) is 0 Å². The Bertz CT molecular complexity index is 496. The van der Waals surface area contributed by atoms with Crippen molar-refractivity contribution in [3.63, 3.8) is 0 Å². The molecule has 1 aliphatic heterocycles. The molecule has 128 valence electrons. The van der Waals surface area contributed by atoms with Crippen molar-refractivity contribution in [3.8, 4) is 5.75 Å². The van der Waals surface area contributed by atoms with Crippen LogP contribution < -0.4 is 10.1 Å². The molecule has 0 spiro atoms. The summed E-state index contributed by atoms with van der Waals surface area (Å²) in [4.78, 5) is 13.2. The van der Waals surface area contributed by atoms with Gasteiger partial charge < -0.3 is 19.9 Å². The molecular formula is C17H26N2O4. The van der Waals surface area contributed by atoms with E-state index in [-0.39, 0.29) is 24.7 Å². The topological polar surface area (TPSA) is 71.0 Å². The Morgan fingerprint density at radius 1 is 1.35 bits per heavy atom. The highest BCUT2D eigenvalue weighted by Gasteiger charge is 2.23. The van der Waals surface area contributed by atoms with Crippen LogP contribution in [0.1, 0.15) is 20.8 Å². The van der Waals surface area contributed by atoms with Gasteiger partial charge in [0.2, 0.25) is 5.91 Å². The standard InChI is InChI=1S/C17H26N2O4/c1-12-8-19(9-13(2)23-12)10-16(21)11-22-17-6-4-15(5-7-17)18-14(3)20/h4-7,12-13,16,21H,8-11H2,1-3H3,(H,18,20)/t12-,13-,16-/m0/s1. The van der Waals surface area contributed by atoms with Crippen LogP contribution in [-0.2, 0) is 9.53 Å². The quantitative estimate of drug-likeness (QED) is 0.830. The Hall–Kier alpha value is -1.63. The minimum absolute atomic E-state index is 0.108. The number of ether oxygens (including phenoxy) is 2. The Morgan fingerprint density at radius 2 is 1.96 bits per heavy atom. The number of rotatable bonds is 6. The van der Waals surface area contributed by atoms with E-state index < -0.39 is 6.10 Å². The first-order chi connectivity index (χ1) is 10.9. The molecule has 2 N–H and O–H groups in total.